The van der Waals surface area contributed by atoms with Crippen molar-refractivity contribution in [2.75, 3.05) is 0 Å². The topological polar surface area (TPSA) is 42.3 Å². The second-order valence-corrected chi connectivity index (χ2v) is 3.71. The van der Waals surface area contributed by atoms with E-state index in [1.54, 1.807) is 23.5 Å². The Hall–Kier alpha value is -1.29. The molecule has 1 aromatic heterocycles. The van der Waals surface area contributed by atoms with Crippen LogP contribution in [0.25, 0.3) is 10.2 Å². The summed E-state index contributed by atoms with van der Waals surface area (Å²) in [4.78, 5) is 14.5. The lowest BCUT2D eigenvalue weighted by Gasteiger charge is -1.86. The van der Waals surface area contributed by atoms with E-state index in [0.717, 1.165) is 15.2 Å². The van der Waals surface area contributed by atoms with Crippen molar-refractivity contribution in [3.63, 3.8) is 0 Å². The summed E-state index contributed by atoms with van der Waals surface area (Å²) >= 11 is 1.57. The molecule has 0 atom stereocenters. The maximum absolute atomic E-state index is 10.2. The Balaban J connectivity index is 2.74. The Morgan fingerprint density at radius 1 is 1.50 bits per heavy atom. The first kappa shape index (κ1) is 7.36. The van der Waals surface area contributed by atoms with Crippen molar-refractivity contribution >= 4 is 27.2 Å². The van der Waals surface area contributed by atoms with Crippen molar-refractivity contribution in [1.82, 2.24) is 4.98 Å². The largest absolute Gasteiger partial charge is 0.242 e. The van der Waals surface area contributed by atoms with Crippen molar-refractivity contribution in [3.8, 4) is 0 Å². The van der Waals surface area contributed by atoms with Crippen molar-refractivity contribution in [2.45, 2.75) is 6.92 Å². The normalized spacial score (nSPS) is 10.4. The standard InChI is InChI=1S/C8H6N2OS/c1-5-9-7-3-2-6(10-11)4-8(7)12-5/h2-4H,1H3. The fourth-order valence-electron chi connectivity index (χ4n) is 1.09. The van der Waals surface area contributed by atoms with E-state index in [0.29, 0.717) is 5.69 Å². The third kappa shape index (κ3) is 1.10. The number of hydrogen-bond acceptors (Lipinski definition) is 4. The highest BCUT2D eigenvalue weighted by atomic mass is 32.1. The SMILES string of the molecule is Cc1nc2ccc(N=O)cc2s1. The van der Waals surface area contributed by atoms with Gasteiger partial charge < -0.3 is 0 Å². The van der Waals surface area contributed by atoms with E-state index < -0.39 is 0 Å². The van der Waals surface area contributed by atoms with Gasteiger partial charge in [0.15, 0.2) is 0 Å². The third-order valence-corrected chi connectivity index (χ3v) is 2.52. The zero-order valence-corrected chi connectivity index (χ0v) is 7.26. The molecule has 4 heteroatoms. The van der Waals surface area contributed by atoms with E-state index in [2.05, 4.69) is 10.2 Å². The van der Waals surface area contributed by atoms with Crippen LogP contribution in [0.15, 0.2) is 23.4 Å². The lowest BCUT2D eigenvalue weighted by molar-refractivity contribution is 1.34. The zero-order chi connectivity index (χ0) is 8.55. The van der Waals surface area contributed by atoms with Crippen LogP contribution in [0.5, 0.6) is 0 Å². The molecule has 3 nitrogen and oxygen atoms in total. The summed E-state index contributed by atoms with van der Waals surface area (Å²) in [5.41, 5.74) is 1.40. The second kappa shape index (κ2) is 2.64. The predicted molar refractivity (Wildman–Crippen MR) is 49.8 cm³/mol. The van der Waals surface area contributed by atoms with Crippen molar-refractivity contribution < 1.29 is 0 Å². The van der Waals surface area contributed by atoms with Crippen LogP contribution in [0.4, 0.5) is 5.69 Å². The van der Waals surface area contributed by atoms with Crippen LogP contribution in [-0.4, -0.2) is 4.98 Å². The highest BCUT2D eigenvalue weighted by molar-refractivity contribution is 7.18. The summed E-state index contributed by atoms with van der Waals surface area (Å²) in [7, 11) is 0. The summed E-state index contributed by atoms with van der Waals surface area (Å²) in [6.07, 6.45) is 0. The number of nitrogens with zero attached hydrogens (tertiary/aromatic N) is 2. The second-order valence-electron chi connectivity index (χ2n) is 2.48. The molecule has 2 rings (SSSR count). The van der Waals surface area contributed by atoms with Gasteiger partial charge in [-0.3, -0.25) is 0 Å². The first-order valence-electron chi connectivity index (χ1n) is 3.50. The molecule has 1 aromatic carbocycles. The van der Waals surface area contributed by atoms with Crippen molar-refractivity contribution in [3.05, 3.63) is 28.1 Å². The third-order valence-electron chi connectivity index (χ3n) is 1.58. The highest BCUT2D eigenvalue weighted by Crippen LogP contribution is 2.25. The number of thiazole rings is 1. The van der Waals surface area contributed by atoms with Gasteiger partial charge in [-0.15, -0.1) is 16.2 Å². The van der Waals surface area contributed by atoms with E-state index >= 15 is 0 Å². The molecule has 0 unspecified atom stereocenters. The molecule has 0 aliphatic carbocycles. The maximum atomic E-state index is 10.2. The van der Waals surface area contributed by atoms with Crippen LogP contribution in [0.3, 0.4) is 0 Å². The molecule has 0 saturated carbocycles. The van der Waals surface area contributed by atoms with Crippen molar-refractivity contribution in [2.24, 2.45) is 5.18 Å². The van der Waals surface area contributed by atoms with Gasteiger partial charge in [-0.25, -0.2) is 4.98 Å². The molecule has 0 aliphatic heterocycles. The van der Waals surface area contributed by atoms with E-state index in [1.165, 1.54) is 0 Å². The van der Waals surface area contributed by atoms with Crippen LogP contribution in [0, 0.1) is 11.8 Å². The lowest BCUT2D eigenvalue weighted by atomic mass is 10.3. The fourth-order valence-corrected chi connectivity index (χ4v) is 1.95. The average molecular weight is 178 g/mol. The zero-order valence-electron chi connectivity index (χ0n) is 6.44. The van der Waals surface area contributed by atoms with E-state index in [1.807, 2.05) is 13.0 Å². The van der Waals surface area contributed by atoms with Gasteiger partial charge in [-0.2, -0.15) is 0 Å². The average Bonchev–Trinajstić information content (AvgIpc) is 2.43. The minimum atomic E-state index is 0.464. The molecule has 0 saturated heterocycles. The van der Waals surface area contributed by atoms with Gasteiger partial charge in [0.25, 0.3) is 0 Å². The molecule has 60 valence electrons. The summed E-state index contributed by atoms with van der Waals surface area (Å²) < 4.78 is 1.02. The van der Waals surface area contributed by atoms with Gasteiger partial charge in [-0.05, 0) is 30.3 Å². The molecule has 0 bridgehead atoms. The molecule has 0 spiro atoms. The molecule has 0 radical (unpaired) electrons. The first-order chi connectivity index (χ1) is 5.79. The Morgan fingerprint density at radius 2 is 2.33 bits per heavy atom. The molecule has 0 N–H and O–H groups in total. The molecule has 1 heterocycles. The molecule has 0 aliphatic rings. The predicted octanol–water partition coefficient (Wildman–Crippen LogP) is 3.00. The number of nitroso groups, excluding NO2 is 1. The van der Waals surface area contributed by atoms with Gasteiger partial charge in [0.2, 0.25) is 0 Å². The maximum Gasteiger partial charge on any atom is 0.109 e. The monoisotopic (exact) mass is 178 g/mol. The lowest BCUT2D eigenvalue weighted by Crippen LogP contribution is -1.67. The van der Waals surface area contributed by atoms with Crippen LogP contribution in [0.1, 0.15) is 5.01 Å². The van der Waals surface area contributed by atoms with E-state index in [9.17, 15) is 4.91 Å². The van der Waals surface area contributed by atoms with Crippen LogP contribution in [0.2, 0.25) is 0 Å². The smallest absolute Gasteiger partial charge is 0.109 e. The fraction of sp³-hybridized carbons (Fsp3) is 0.125. The Bertz CT molecular complexity index is 436. The Morgan fingerprint density at radius 3 is 3.08 bits per heavy atom. The number of aryl methyl sites for hydroxylation is 1. The van der Waals surface area contributed by atoms with Crippen LogP contribution >= 0.6 is 11.3 Å². The molecule has 2 aromatic rings. The molecule has 0 fully saturated rings. The summed E-state index contributed by atoms with van der Waals surface area (Å²) in [6.45, 7) is 1.94. The number of rotatable bonds is 1. The van der Waals surface area contributed by atoms with Crippen LogP contribution < -0.4 is 0 Å². The molecule has 12 heavy (non-hydrogen) atoms. The summed E-state index contributed by atoms with van der Waals surface area (Å²) in [5, 5.41) is 3.87. The van der Waals surface area contributed by atoms with Gasteiger partial charge >= 0.3 is 0 Å². The molecule has 0 amide bonds. The van der Waals surface area contributed by atoms with Gasteiger partial charge in [0.05, 0.1) is 15.2 Å². The first-order valence-corrected chi connectivity index (χ1v) is 4.32. The van der Waals surface area contributed by atoms with Gasteiger partial charge in [0, 0.05) is 0 Å². The van der Waals surface area contributed by atoms with Crippen molar-refractivity contribution in [1.29, 1.82) is 0 Å². The van der Waals surface area contributed by atoms with Crippen LogP contribution in [-0.2, 0) is 0 Å². The Labute approximate surface area is 73.0 Å². The summed E-state index contributed by atoms with van der Waals surface area (Å²) in [5.74, 6) is 0. The number of benzene rings is 1. The minimum absolute atomic E-state index is 0.464. The number of hydrogen-bond donors (Lipinski definition) is 0. The Kier molecular flexibility index (Phi) is 1.62. The quantitative estimate of drug-likeness (QED) is 0.630. The highest BCUT2D eigenvalue weighted by Gasteiger charge is 2.00. The van der Waals surface area contributed by atoms with Gasteiger partial charge in [-0.1, -0.05) is 0 Å². The van der Waals surface area contributed by atoms with E-state index in [4.69, 9.17) is 0 Å². The minimum Gasteiger partial charge on any atom is -0.242 e. The van der Waals surface area contributed by atoms with E-state index in [-0.39, 0.29) is 0 Å². The molecular formula is C8H6N2OS. The molecular weight excluding hydrogens is 172 g/mol. The van der Waals surface area contributed by atoms with Gasteiger partial charge in [0.1, 0.15) is 5.69 Å². The summed E-state index contributed by atoms with van der Waals surface area (Å²) in [6, 6.07) is 5.25. The number of fused-ring (bicyclic) bond motifs is 1. The number of aromatic nitrogens is 1.